The van der Waals surface area contributed by atoms with Gasteiger partial charge in [0.05, 0.1) is 0 Å². The van der Waals surface area contributed by atoms with Crippen molar-refractivity contribution in [2.75, 3.05) is 6.54 Å². The molecule has 0 atom stereocenters. The average Bonchev–Trinajstić information content (AvgIpc) is 2.73. The predicted octanol–water partition coefficient (Wildman–Crippen LogP) is 2.82. The molecule has 3 aromatic rings. The zero-order valence-electron chi connectivity index (χ0n) is 9.03. The summed E-state index contributed by atoms with van der Waals surface area (Å²) >= 11 is 0. The molecule has 0 fully saturated rings. The SMILES string of the molecule is NCCc1c[nH]c2ccc3ccccc3c12. The number of aromatic amines is 1. The van der Waals surface area contributed by atoms with Crippen molar-refractivity contribution in [2.45, 2.75) is 6.42 Å². The van der Waals surface area contributed by atoms with E-state index in [1.807, 2.05) is 0 Å². The van der Waals surface area contributed by atoms with Gasteiger partial charge in [-0.1, -0.05) is 30.3 Å². The van der Waals surface area contributed by atoms with Crippen molar-refractivity contribution in [1.82, 2.24) is 4.98 Å². The molecular formula is C14H14N2. The first-order chi connectivity index (χ1) is 7.90. The lowest BCUT2D eigenvalue weighted by Crippen LogP contribution is -2.01. The van der Waals surface area contributed by atoms with E-state index in [4.69, 9.17) is 5.73 Å². The first kappa shape index (κ1) is 9.43. The van der Waals surface area contributed by atoms with Gasteiger partial charge in [0, 0.05) is 17.1 Å². The standard InChI is InChI=1S/C14H14N2/c15-8-7-11-9-16-13-6-5-10-3-1-2-4-12(10)14(11)13/h1-6,9,16H,7-8,15H2. The zero-order chi connectivity index (χ0) is 11.0. The van der Waals surface area contributed by atoms with Crippen LogP contribution in [-0.2, 0) is 6.42 Å². The third kappa shape index (κ3) is 1.31. The maximum atomic E-state index is 5.64. The number of H-pyrrole nitrogens is 1. The Morgan fingerprint density at radius 2 is 1.94 bits per heavy atom. The molecule has 0 aliphatic carbocycles. The topological polar surface area (TPSA) is 41.8 Å². The van der Waals surface area contributed by atoms with Crippen molar-refractivity contribution in [3.63, 3.8) is 0 Å². The van der Waals surface area contributed by atoms with Gasteiger partial charge >= 0.3 is 0 Å². The summed E-state index contributed by atoms with van der Waals surface area (Å²) in [4.78, 5) is 3.31. The van der Waals surface area contributed by atoms with Crippen molar-refractivity contribution >= 4 is 21.7 Å². The van der Waals surface area contributed by atoms with Crippen LogP contribution in [0, 0.1) is 0 Å². The molecule has 0 aliphatic heterocycles. The van der Waals surface area contributed by atoms with E-state index in [0.717, 1.165) is 6.42 Å². The number of hydrogen-bond donors (Lipinski definition) is 2. The maximum Gasteiger partial charge on any atom is 0.0463 e. The number of hydrogen-bond acceptors (Lipinski definition) is 1. The van der Waals surface area contributed by atoms with E-state index in [1.165, 1.54) is 27.2 Å². The molecule has 3 rings (SSSR count). The number of nitrogens with two attached hydrogens (primary N) is 1. The molecule has 0 saturated heterocycles. The quantitative estimate of drug-likeness (QED) is 0.671. The van der Waals surface area contributed by atoms with Crippen molar-refractivity contribution in [3.05, 3.63) is 48.2 Å². The smallest absolute Gasteiger partial charge is 0.0463 e. The molecule has 80 valence electrons. The number of aromatic nitrogens is 1. The van der Waals surface area contributed by atoms with Gasteiger partial charge < -0.3 is 10.7 Å². The Hall–Kier alpha value is -1.80. The van der Waals surface area contributed by atoms with Crippen LogP contribution in [0.2, 0.25) is 0 Å². The van der Waals surface area contributed by atoms with E-state index in [0.29, 0.717) is 6.54 Å². The minimum atomic E-state index is 0.691. The van der Waals surface area contributed by atoms with Gasteiger partial charge in [-0.2, -0.15) is 0 Å². The van der Waals surface area contributed by atoms with Gasteiger partial charge in [0.15, 0.2) is 0 Å². The summed E-state index contributed by atoms with van der Waals surface area (Å²) in [6, 6.07) is 12.8. The molecule has 0 unspecified atom stereocenters. The molecule has 1 aromatic heterocycles. The Morgan fingerprint density at radius 1 is 1.06 bits per heavy atom. The molecule has 0 amide bonds. The fourth-order valence-electron chi connectivity index (χ4n) is 2.33. The monoisotopic (exact) mass is 210 g/mol. The van der Waals surface area contributed by atoms with Gasteiger partial charge in [-0.25, -0.2) is 0 Å². The van der Waals surface area contributed by atoms with Crippen LogP contribution in [0.4, 0.5) is 0 Å². The van der Waals surface area contributed by atoms with Crippen LogP contribution in [0.1, 0.15) is 5.56 Å². The second-order valence-electron chi connectivity index (χ2n) is 4.06. The molecule has 0 saturated carbocycles. The van der Waals surface area contributed by atoms with Crippen molar-refractivity contribution < 1.29 is 0 Å². The Bertz CT molecular complexity index is 637. The molecule has 0 aliphatic rings. The number of rotatable bonds is 2. The van der Waals surface area contributed by atoms with E-state index in [-0.39, 0.29) is 0 Å². The van der Waals surface area contributed by atoms with Crippen LogP contribution in [0.5, 0.6) is 0 Å². The summed E-state index contributed by atoms with van der Waals surface area (Å²) in [5.41, 5.74) is 8.15. The van der Waals surface area contributed by atoms with Gasteiger partial charge in [-0.15, -0.1) is 0 Å². The highest BCUT2D eigenvalue weighted by atomic mass is 14.7. The molecule has 0 radical (unpaired) electrons. The average molecular weight is 210 g/mol. The molecule has 0 bridgehead atoms. The lowest BCUT2D eigenvalue weighted by molar-refractivity contribution is 0.977. The second kappa shape index (κ2) is 3.65. The van der Waals surface area contributed by atoms with Crippen molar-refractivity contribution in [1.29, 1.82) is 0 Å². The zero-order valence-corrected chi connectivity index (χ0v) is 9.03. The van der Waals surface area contributed by atoms with Crippen molar-refractivity contribution in [2.24, 2.45) is 5.73 Å². The molecule has 16 heavy (non-hydrogen) atoms. The molecular weight excluding hydrogens is 196 g/mol. The minimum absolute atomic E-state index is 0.691. The van der Waals surface area contributed by atoms with Gasteiger partial charge in [0.25, 0.3) is 0 Å². The fraction of sp³-hybridized carbons (Fsp3) is 0.143. The third-order valence-electron chi connectivity index (χ3n) is 3.07. The Morgan fingerprint density at radius 3 is 2.81 bits per heavy atom. The van der Waals surface area contributed by atoms with Gasteiger partial charge in [-0.3, -0.25) is 0 Å². The van der Waals surface area contributed by atoms with Crippen LogP contribution in [0.25, 0.3) is 21.7 Å². The Kier molecular flexibility index (Phi) is 2.15. The third-order valence-corrected chi connectivity index (χ3v) is 3.07. The van der Waals surface area contributed by atoms with E-state index in [2.05, 4.69) is 47.6 Å². The van der Waals surface area contributed by atoms with Crippen molar-refractivity contribution in [3.8, 4) is 0 Å². The summed E-state index contributed by atoms with van der Waals surface area (Å²) in [7, 11) is 0. The van der Waals surface area contributed by atoms with Crippen LogP contribution < -0.4 is 5.73 Å². The number of fused-ring (bicyclic) bond motifs is 3. The highest BCUT2D eigenvalue weighted by molar-refractivity contribution is 6.08. The van der Waals surface area contributed by atoms with Crippen LogP contribution in [0.3, 0.4) is 0 Å². The maximum absolute atomic E-state index is 5.64. The normalized spacial score (nSPS) is 11.3. The first-order valence-corrected chi connectivity index (χ1v) is 5.58. The highest BCUT2D eigenvalue weighted by Crippen LogP contribution is 2.27. The first-order valence-electron chi connectivity index (χ1n) is 5.58. The summed E-state index contributed by atoms with van der Waals surface area (Å²) < 4.78 is 0. The largest absolute Gasteiger partial charge is 0.361 e. The van der Waals surface area contributed by atoms with Gasteiger partial charge in [0.1, 0.15) is 0 Å². The van der Waals surface area contributed by atoms with Crippen LogP contribution in [-0.4, -0.2) is 11.5 Å². The highest BCUT2D eigenvalue weighted by Gasteiger charge is 2.06. The van der Waals surface area contributed by atoms with Crippen LogP contribution in [0.15, 0.2) is 42.6 Å². The number of nitrogens with one attached hydrogen (secondary N) is 1. The molecule has 0 spiro atoms. The van der Waals surface area contributed by atoms with Gasteiger partial charge in [-0.05, 0) is 35.4 Å². The fourth-order valence-corrected chi connectivity index (χ4v) is 2.33. The summed E-state index contributed by atoms with van der Waals surface area (Å²) in [6.45, 7) is 0.691. The van der Waals surface area contributed by atoms with E-state index in [1.54, 1.807) is 0 Å². The van der Waals surface area contributed by atoms with E-state index < -0.39 is 0 Å². The van der Waals surface area contributed by atoms with E-state index >= 15 is 0 Å². The summed E-state index contributed by atoms with van der Waals surface area (Å²) in [5, 5.41) is 3.92. The molecule has 3 N–H and O–H groups in total. The minimum Gasteiger partial charge on any atom is -0.361 e. The molecule has 2 nitrogen and oxygen atoms in total. The second-order valence-corrected chi connectivity index (χ2v) is 4.06. The predicted molar refractivity (Wildman–Crippen MR) is 68.6 cm³/mol. The summed E-state index contributed by atoms with van der Waals surface area (Å²) in [5.74, 6) is 0. The Labute approximate surface area is 94.1 Å². The number of benzene rings is 2. The Balaban J connectivity index is 2.42. The molecule has 1 heterocycles. The summed E-state index contributed by atoms with van der Waals surface area (Å²) in [6.07, 6.45) is 3.00. The lowest BCUT2D eigenvalue weighted by Gasteiger charge is -2.02. The van der Waals surface area contributed by atoms with Crippen LogP contribution >= 0.6 is 0 Å². The van der Waals surface area contributed by atoms with E-state index in [9.17, 15) is 0 Å². The lowest BCUT2D eigenvalue weighted by atomic mass is 10.0. The molecule has 2 heteroatoms. The molecule has 2 aromatic carbocycles. The van der Waals surface area contributed by atoms with Gasteiger partial charge in [0.2, 0.25) is 0 Å².